The van der Waals surface area contributed by atoms with Crippen molar-refractivity contribution in [2.24, 2.45) is 0 Å². The summed E-state index contributed by atoms with van der Waals surface area (Å²) in [5.41, 5.74) is 1.34. The molecule has 1 amide bonds. The third kappa shape index (κ3) is 4.32. The summed E-state index contributed by atoms with van der Waals surface area (Å²) < 4.78 is 18.1. The second-order valence-electron chi connectivity index (χ2n) is 6.43. The number of methoxy groups -OCH3 is 1. The maximum absolute atomic E-state index is 13.0. The molecule has 0 aromatic heterocycles. The standard InChI is InChI=1S/C20H23FN2O3/c1-26-17-7-8-18(19(24)13-17)20(25)23-10-2-9-22(11-12-23)14-15-3-5-16(21)6-4-15/h3-8,13,24H,2,9-12,14H2,1H3. The zero-order chi connectivity index (χ0) is 18.5. The molecule has 3 rings (SSSR count). The molecular formula is C20H23FN2O3. The average Bonchev–Trinajstić information content (AvgIpc) is 2.88. The Morgan fingerprint density at radius 2 is 1.88 bits per heavy atom. The zero-order valence-corrected chi connectivity index (χ0v) is 14.8. The quantitative estimate of drug-likeness (QED) is 0.913. The topological polar surface area (TPSA) is 53.0 Å². The molecule has 6 heteroatoms. The van der Waals surface area contributed by atoms with Gasteiger partial charge in [0.2, 0.25) is 0 Å². The van der Waals surface area contributed by atoms with E-state index in [1.54, 1.807) is 29.2 Å². The summed E-state index contributed by atoms with van der Waals surface area (Å²) in [5, 5.41) is 10.1. The van der Waals surface area contributed by atoms with E-state index in [1.165, 1.54) is 25.3 Å². The molecule has 26 heavy (non-hydrogen) atoms. The molecule has 0 spiro atoms. The van der Waals surface area contributed by atoms with Gasteiger partial charge in [0.05, 0.1) is 12.7 Å². The Morgan fingerprint density at radius 1 is 1.12 bits per heavy atom. The van der Waals surface area contributed by atoms with Crippen molar-refractivity contribution in [3.05, 3.63) is 59.4 Å². The van der Waals surface area contributed by atoms with E-state index in [4.69, 9.17) is 4.74 Å². The van der Waals surface area contributed by atoms with Gasteiger partial charge in [0.15, 0.2) is 0 Å². The van der Waals surface area contributed by atoms with Crippen molar-refractivity contribution >= 4 is 5.91 Å². The fraction of sp³-hybridized carbons (Fsp3) is 0.350. The van der Waals surface area contributed by atoms with Crippen molar-refractivity contribution in [2.45, 2.75) is 13.0 Å². The molecule has 2 aromatic rings. The summed E-state index contributed by atoms with van der Waals surface area (Å²) >= 11 is 0. The lowest BCUT2D eigenvalue weighted by atomic mass is 10.1. The van der Waals surface area contributed by atoms with Gasteiger partial charge in [-0.3, -0.25) is 9.69 Å². The van der Waals surface area contributed by atoms with Gasteiger partial charge in [-0.25, -0.2) is 4.39 Å². The summed E-state index contributed by atoms with van der Waals surface area (Å²) in [4.78, 5) is 16.8. The lowest BCUT2D eigenvalue weighted by Gasteiger charge is -2.22. The number of halogens is 1. The van der Waals surface area contributed by atoms with Crippen molar-refractivity contribution in [2.75, 3.05) is 33.3 Å². The fourth-order valence-electron chi connectivity index (χ4n) is 3.17. The largest absolute Gasteiger partial charge is 0.507 e. The third-order valence-corrected chi connectivity index (χ3v) is 4.63. The van der Waals surface area contributed by atoms with Crippen molar-refractivity contribution in [1.29, 1.82) is 0 Å². The van der Waals surface area contributed by atoms with E-state index >= 15 is 0 Å². The number of phenols is 1. The Labute approximate surface area is 152 Å². The minimum absolute atomic E-state index is 0.0678. The van der Waals surface area contributed by atoms with Crippen LogP contribution in [0.3, 0.4) is 0 Å². The van der Waals surface area contributed by atoms with E-state index < -0.39 is 0 Å². The molecule has 1 heterocycles. The summed E-state index contributed by atoms with van der Waals surface area (Å²) in [7, 11) is 1.51. The molecule has 1 N–H and O–H groups in total. The molecule has 2 aromatic carbocycles. The highest BCUT2D eigenvalue weighted by atomic mass is 19.1. The highest BCUT2D eigenvalue weighted by Gasteiger charge is 2.22. The maximum Gasteiger partial charge on any atom is 0.257 e. The number of ether oxygens (including phenoxy) is 1. The van der Waals surface area contributed by atoms with Crippen LogP contribution in [0.5, 0.6) is 11.5 Å². The molecule has 0 aliphatic carbocycles. The van der Waals surface area contributed by atoms with Gasteiger partial charge >= 0.3 is 0 Å². The summed E-state index contributed by atoms with van der Waals surface area (Å²) in [5.74, 6) is 0.0385. The smallest absolute Gasteiger partial charge is 0.257 e. The molecular weight excluding hydrogens is 335 g/mol. The van der Waals surface area contributed by atoms with Crippen LogP contribution >= 0.6 is 0 Å². The molecule has 1 aliphatic heterocycles. The van der Waals surface area contributed by atoms with Gasteiger partial charge in [0.1, 0.15) is 17.3 Å². The van der Waals surface area contributed by atoms with Crippen LogP contribution in [0.1, 0.15) is 22.3 Å². The second-order valence-corrected chi connectivity index (χ2v) is 6.43. The van der Waals surface area contributed by atoms with Crippen LogP contribution < -0.4 is 4.74 Å². The van der Waals surface area contributed by atoms with Crippen LogP contribution in [0.2, 0.25) is 0 Å². The molecule has 138 valence electrons. The lowest BCUT2D eigenvalue weighted by molar-refractivity contribution is 0.0758. The number of benzene rings is 2. The van der Waals surface area contributed by atoms with Crippen molar-refractivity contribution in [3.8, 4) is 11.5 Å². The fourth-order valence-corrected chi connectivity index (χ4v) is 3.17. The van der Waals surface area contributed by atoms with E-state index in [2.05, 4.69) is 4.90 Å². The molecule has 0 radical (unpaired) electrons. The molecule has 5 nitrogen and oxygen atoms in total. The van der Waals surface area contributed by atoms with Gasteiger partial charge in [0.25, 0.3) is 5.91 Å². The number of nitrogens with zero attached hydrogens (tertiary/aromatic N) is 2. The predicted octanol–water partition coefficient (Wildman–Crippen LogP) is 2.89. The Hall–Kier alpha value is -2.60. The Morgan fingerprint density at radius 3 is 2.58 bits per heavy atom. The average molecular weight is 358 g/mol. The Kier molecular flexibility index (Phi) is 5.73. The van der Waals surface area contributed by atoms with Gasteiger partial charge < -0.3 is 14.7 Å². The van der Waals surface area contributed by atoms with Crippen LogP contribution in [0.4, 0.5) is 4.39 Å². The first-order valence-electron chi connectivity index (χ1n) is 8.70. The molecule has 0 saturated carbocycles. The normalized spacial score (nSPS) is 15.5. The SMILES string of the molecule is COc1ccc(C(=O)N2CCCN(Cc3ccc(F)cc3)CC2)c(O)c1. The van der Waals surface area contributed by atoms with Crippen LogP contribution in [-0.4, -0.2) is 54.1 Å². The predicted molar refractivity (Wildman–Crippen MR) is 96.9 cm³/mol. The molecule has 0 atom stereocenters. The first kappa shape index (κ1) is 18.2. The van der Waals surface area contributed by atoms with Crippen molar-refractivity contribution in [1.82, 2.24) is 9.80 Å². The Balaban J connectivity index is 1.62. The molecule has 0 bridgehead atoms. The third-order valence-electron chi connectivity index (χ3n) is 4.63. The Bertz CT molecular complexity index is 764. The number of aromatic hydroxyl groups is 1. The second kappa shape index (κ2) is 8.19. The van der Waals surface area contributed by atoms with Gasteiger partial charge in [-0.1, -0.05) is 12.1 Å². The number of rotatable bonds is 4. The number of hydrogen-bond acceptors (Lipinski definition) is 4. The number of phenolic OH excluding ortho intramolecular Hbond substituents is 1. The highest BCUT2D eigenvalue weighted by Crippen LogP contribution is 2.25. The molecule has 0 unspecified atom stereocenters. The van der Waals surface area contributed by atoms with Crippen LogP contribution in [0, 0.1) is 5.82 Å². The monoisotopic (exact) mass is 358 g/mol. The van der Waals surface area contributed by atoms with Gasteiger partial charge in [0, 0.05) is 38.8 Å². The van der Waals surface area contributed by atoms with E-state index in [0.717, 1.165) is 31.6 Å². The van der Waals surface area contributed by atoms with E-state index in [0.29, 0.717) is 18.8 Å². The number of carbonyl (C=O) groups excluding carboxylic acids is 1. The van der Waals surface area contributed by atoms with Gasteiger partial charge in [-0.2, -0.15) is 0 Å². The number of hydrogen-bond donors (Lipinski definition) is 1. The molecule has 1 fully saturated rings. The highest BCUT2D eigenvalue weighted by molar-refractivity contribution is 5.97. The van der Waals surface area contributed by atoms with Crippen LogP contribution in [-0.2, 0) is 6.54 Å². The van der Waals surface area contributed by atoms with Gasteiger partial charge in [-0.05, 0) is 36.2 Å². The van der Waals surface area contributed by atoms with E-state index in [1.807, 2.05) is 0 Å². The first-order valence-corrected chi connectivity index (χ1v) is 8.70. The van der Waals surface area contributed by atoms with Crippen molar-refractivity contribution < 1.29 is 19.0 Å². The van der Waals surface area contributed by atoms with Crippen molar-refractivity contribution in [3.63, 3.8) is 0 Å². The summed E-state index contributed by atoms with van der Waals surface area (Å²) in [6.45, 7) is 3.57. The van der Waals surface area contributed by atoms with E-state index in [9.17, 15) is 14.3 Å². The lowest BCUT2D eigenvalue weighted by Crippen LogP contribution is -2.35. The summed E-state index contributed by atoms with van der Waals surface area (Å²) in [6.07, 6.45) is 0.851. The minimum atomic E-state index is -0.235. The zero-order valence-electron chi connectivity index (χ0n) is 14.8. The summed E-state index contributed by atoms with van der Waals surface area (Å²) in [6, 6.07) is 11.2. The van der Waals surface area contributed by atoms with Crippen LogP contribution in [0.25, 0.3) is 0 Å². The first-order chi connectivity index (χ1) is 12.6. The van der Waals surface area contributed by atoms with Gasteiger partial charge in [-0.15, -0.1) is 0 Å². The number of amides is 1. The molecule has 1 aliphatic rings. The number of carbonyl (C=O) groups is 1. The minimum Gasteiger partial charge on any atom is -0.507 e. The van der Waals surface area contributed by atoms with E-state index in [-0.39, 0.29) is 23.0 Å². The molecule has 1 saturated heterocycles. The van der Waals surface area contributed by atoms with Crippen LogP contribution in [0.15, 0.2) is 42.5 Å². The maximum atomic E-state index is 13.0.